The molecule has 4 nitrogen and oxygen atoms in total. The lowest BCUT2D eigenvalue weighted by atomic mass is 10.0. The molecule has 1 heterocycles. The molecule has 138 valence electrons. The molecule has 0 fully saturated rings. The number of carbonyl (C=O) groups excluding carboxylic acids is 2. The zero-order chi connectivity index (χ0) is 19.2. The molecular formula is C22H22N2O2S. The van der Waals surface area contributed by atoms with Gasteiger partial charge in [-0.1, -0.05) is 48.5 Å². The molecule has 1 atom stereocenters. The van der Waals surface area contributed by atoms with Gasteiger partial charge in [-0.25, -0.2) is 0 Å². The SMILES string of the molecule is CC(=O)c1cccc(NC(=O)C(c2ccccc2)N(C)Cc2cccs2)c1. The highest BCUT2D eigenvalue weighted by molar-refractivity contribution is 7.09. The zero-order valence-corrected chi connectivity index (χ0v) is 16.2. The Balaban J connectivity index is 1.84. The topological polar surface area (TPSA) is 49.4 Å². The van der Waals surface area contributed by atoms with Gasteiger partial charge in [-0.2, -0.15) is 0 Å². The summed E-state index contributed by atoms with van der Waals surface area (Å²) in [5.41, 5.74) is 2.13. The van der Waals surface area contributed by atoms with Crippen LogP contribution in [0.3, 0.4) is 0 Å². The van der Waals surface area contributed by atoms with Crippen molar-refractivity contribution in [1.29, 1.82) is 0 Å². The molecule has 0 aliphatic rings. The predicted molar refractivity (Wildman–Crippen MR) is 110 cm³/mol. The van der Waals surface area contributed by atoms with E-state index in [1.165, 1.54) is 11.8 Å². The third kappa shape index (κ3) is 4.90. The molecule has 3 rings (SSSR count). The van der Waals surface area contributed by atoms with Gasteiger partial charge in [-0.15, -0.1) is 11.3 Å². The molecule has 0 saturated carbocycles. The van der Waals surface area contributed by atoms with Crippen LogP contribution in [0.2, 0.25) is 0 Å². The Morgan fingerprint density at radius 1 is 1.04 bits per heavy atom. The largest absolute Gasteiger partial charge is 0.324 e. The van der Waals surface area contributed by atoms with Crippen molar-refractivity contribution in [2.75, 3.05) is 12.4 Å². The summed E-state index contributed by atoms with van der Waals surface area (Å²) in [6.07, 6.45) is 0. The fourth-order valence-electron chi connectivity index (χ4n) is 3.01. The van der Waals surface area contributed by atoms with E-state index >= 15 is 0 Å². The van der Waals surface area contributed by atoms with Crippen molar-refractivity contribution < 1.29 is 9.59 Å². The Labute approximate surface area is 163 Å². The zero-order valence-electron chi connectivity index (χ0n) is 15.4. The molecule has 5 heteroatoms. The first-order valence-electron chi connectivity index (χ1n) is 8.74. The molecule has 0 spiro atoms. The lowest BCUT2D eigenvalue weighted by Gasteiger charge is -2.27. The van der Waals surface area contributed by atoms with Crippen molar-refractivity contribution in [2.24, 2.45) is 0 Å². The van der Waals surface area contributed by atoms with E-state index in [0.717, 1.165) is 5.56 Å². The van der Waals surface area contributed by atoms with E-state index in [-0.39, 0.29) is 11.7 Å². The number of hydrogen-bond donors (Lipinski definition) is 1. The van der Waals surface area contributed by atoms with Crippen LogP contribution in [0.25, 0.3) is 0 Å². The number of Topliss-reactive ketones (excluding diaryl/α,β-unsaturated/α-hetero) is 1. The van der Waals surface area contributed by atoms with Gasteiger partial charge >= 0.3 is 0 Å². The summed E-state index contributed by atoms with van der Waals surface area (Å²) in [6.45, 7) is 2.20. The number of thiophene rings is 1. The van der Waals surface area contributed by atoms with Crippen molar-refractivity contribution >= 4 is 28.7 Å². The fraction of sp³-hybridized carbons (Fsp3) is 0.182. The van der Waals surface area contributed by atoms with Gasteiger partial charge in [0.25, 0.3) is 0 Å². The van der Waals surface area contributed by atoms with Gasteiger partial charge in [0.1, 0.15) is 6.04 Å². The summed E-state index contributed by atoms with van der Waals surface area (Å²) in [4.78, 5) is 28.0. The van der Waals surface area contributed by atoms with E-state index in [9.17, 15) is 9.59 Å². The van der Waals surface area contributed by atoms with E-state index in [4.69, 9.17) is 0 Å². The van der Waals surface area contributed by atoms with Crippen LogP contribution < -0.4 is 5.32 Å². The molecule has 0 aliphatic heterocycles. The number of anilines is 1. The molecule has 1 amide bonds. The van der Waals surface area contributed by atoms with Crippen LogP contribution in [-0.4, -0.2) is 23.6 Å². The molecule has 1 N–H and O–H groups in total. The number of hydrogen-bond acceptors (Lipinski definition) is 4. The molecule has 2 aromatic carbocycles. The highest BCUT2D eigenvalue weighted by Crippen LogP contribution is 2.25. The summed E-state index contributed by atoms with van der Waals surface area (Å²) in [5.74, 6) is -0.151. The first kappa shape index (κ1) is 19.0. The van der Waals surface area contributed by atoms with Crippen molar-refractivity contribution in [2.45, 2.75) is 19.5 Å². The first-order valence-corrected chi connectivity index (χ1v) is 9.62. The number of carbonyl (C=O) groups is 2. The summed E-state index contributed by atoms with van der Waals surface area (Å²) in [5, 5.41) is 5.00. The van der Waals surface area contributed by atoms with Crippen LogP contribution >= 0.6 is 11.3 Å². The van der Waals surface area contributed by atoms with Gasteiger partial charge < -0.3 is 5.32 Å². The van der Waals surface area contributed by atoms with Gasteiger partial charge in [0.2, 0.25) is 5.91 Å². The van der Waals surface area contributed by atoms with Gasteiger partial charge in [0.05, 0.1) is 0 Å². The number of rotatable bonds is 7. The van der Waals surface area contributed by atoms with E-state index in [1.54, 1.807) is 35.6 Å². The molecule has 0 radical (unpaired) electrons. The number of nitrogens with zero attached hydrogens (tertiary/aromatic N) is 1. The van der Waals surface area contributed by atoms with Crippen molar-refractivity contribution in [3.05, 3.63) is 88.1 Å². The molecule has 0 bridgehead atoms. The lowest BCUT2D eigenvalue weighted by Crippen LogP contribution is -2.34. The number of benzene rings is 2. The Morgan fingerprint density at radius 3 is 2.48 bits per heavy atom. The quantitative estimate of drug-likeness (QED) is 0.603. The van der Waals surface area contributed by atoms with Gasteiger partial charge in [-0.05, 0) is 43.1 Å². The Hall–Kier alpha value is -2.76. The van der Waals surface area contributed by atoms with Crippen molar-refractivity contribution in [3.8, 4) is 0 Å². The molecular weight excluding hydrogens is 356 g/mol. The average Bonchev–Trinajstić information content (AvgIpc) is 3.16. The van der Waals surface area contributed by atoms with Crippen LogP contribution in [0.1, 0.15) is 33.8 Å². The van der Waals surface area contributed by atoms with Crippen LogP contribution in [0.15, 0.2) is 72.1 Å². The molecule has 3 aromatic rings. The molecule has 0 aliphatic carbocycles. The van der Waals surface area contributed by atoms with Crippen LogP contribution in [0.4, 0.5) is 5.69 Å². The normalized spacial score (nSPS) is 12.0. The van der Waals surface area contributed by atoms with E-state index in [1.807, 2.05) is 53.7 Å². The molecule has 0 saturated heterocycles. The summed E-state index contributed by atoms with van der Waals surface area (Å²) >= 11 is 1.67. The number of ketones is 1. The maximum Gasteiger partial charge on any atom is 0.246 e. The van der Waals surface area contributed by atoms with E-state index < -0.39 is 6.04 Å². The van der Waals surface area contributed by atoms with Crippen LogP contribution in [-0.2, 0) is 11.3 Å². The molecule has 27 heavy (non-hydrogen) atoms. The average molecular weight is 378 g/mol. The summed E-state index contributed by atoms with van der Waals surface area (Å²) in [6, 6.07) is 20.4. The minimum Gasteiger partial charge on any atom is -0.324 e. The monoisotopic (exact) mass is 378 g/mol. The third-order valence-electron chi connectivity index (χ3n) is 4.33. The standard InChI is InChI=1S/C22H22N2O2S/c1-16(25)18-10-6-11-19(14-18)23-22(26)21(17-8-4-3-5-9-17)24(2)15-20-12-7-13-27-20/h3-14,21H,15H2,1-2H3,(H,23,26). The van der Waals surface area contributed by atoms with Crippen LogP contribution in [0, 0.1) is 0 Å². The minimum absolute atomic E-state index is 0.0273. The maximum atomic E-state index is 13.1. The fourth-order valence-corrected chi connectivity index (χ4v) is 3.77. The molecule has 1 unspecified atom stereocenters. The van der Waals surface area contributed by atoms with E-state index in [2.05, 4.69) is 11.4 Å². The lowest BCUT2D eigenvalue weighted by molar-refractivity contribution is -0.121. The smallest absolute Gasteiger partial charge is 0.246 e. The number of nitrogens with one attached hydrogen (secondary N) is 1. The third-order valence-corrected chi connectivity index (χ3v) is 5.19. The minimum atomic E-state index is -0.436. The van der Waals surface area contributed by atoms with Crippen molar-refractivity contribution in [1.82, 2.24) is 4.90 Å². The highest BCUT2D eigenvalue weighted by Gasteiger charge is 2.25. The second-order valence-corrected chi connectivity index (χ2v) is 7.47. The number of amides is 1. The predicted octanol–water partition coefficient (Wildman–Crippen LogP) is 4.76. The molecule has 1 aromatic heterocycles. The van der Waals surface area contributed by atoms with Crippen molar-refractivity contribution in [3.63, 3.8) is 0 Å². The summed E-state index contributed by atoms with van der Waals surface area (Å²) < 4.78 is 0. The number of likely N-dealkylation sites (N-methyl/N-ethyl adjacent to an activating group) is 1. The maximum absolute atomic E-state index is 13.1. The second-order valence-electron chi connectivity index (χ2n) is 6.43. The Bertz CT molecular complexity index is 907. The summed E-state index contributed by atoms with van der Waals surface area (Å²) in [7, 11) is 1.95. The Morgan fingerprint density at radius 2 is 1.81 bits per heavy atom. The second kappa shape index (κ2) is 8.75. The van der Waals surface area contributed by atoms with Crippen LogP contribution in [0.5, 0.6) is 0 Å². The van der Waals surface area contributed by atoms with E-state index in [0.29, 0.717) is 17.8 Å². The first-order chi connectivity index (χ1) is 13.0. The highest BCUT2D eigenvalue weighted by atomic mass is 32.1. The van der Waals surface area contributed by atoms with Gasteiger partial charge in [0.15, 0.2) is 5.78 Å². The van der Waals surface area contributed by atoms with Gasteiger partial charge in [-0.3, -0.25) is 14.5 Å². The Kier molecular flexibility index (Phi) is 6.16. The van der Waals surface area contributed by atoms with Gasteiger partial charge in [0, 0.05) is 22.7 Å².